The van der Waals surface area contributed by atoms with Crippen LogP contribution in [0.2, 0.25) is 0 Å². The lowest BCUT2D eigenvalue weighted by molar-refractivity contribution is -0.0618. The lowest BCUT2D eigenvalue weighted by atomic mass is 10.1. The molecule has 2 rings (SSSR count). The van der Waals surface area contributed by atoms with Crippen LogP contribution in [0.15, 0.2) is 6.08 Å². The predicted octanol–water partition coefficient (Wildman–Crippen LogP) is 0.450. The normalized spacial score (nSPS) is 28.4. The summed E-state index contributed by atoms with van der Waals surface area (Å²) in [5.41, 5.74) is 0. The first-order valence-corrected chi connectivity index (χ1v) is 3.83. The molecule has 1 saturated heterocycles. The van der Waals surface area contributed by atoms with Crippen LogP contribution in [0.1, 0.15) is 6.42 Å². The second-order valence-corrected chi connectivity index (χ2v) is 2.84. The molecule has 55 valence electrons. The molecule has 0 N–H and O–H groups in total. The van der Waals surface area contributed by atoms with Crippen LogP contribution in [-0.2, 0) is 4.74 Å². The van der Waals surface area contributed by atoms with E-state index in [-0.39, 0.29) is 0 Å². The summed E-state index contributed by atoms with van der Waals surface area (Å²) in [5, 5.41) is 0. The van der Waals surface area contributed by atoms with E-state index in [2.05, 4.69) is 17.1 Å². The van der Waals surface area contributed by atoms with E-state index in [4.69, 9.17) is 4.74 Å². The molecule has 0 aromatic rings. The van der Waals surface area contributed by atoms with Crippen LogP contribution in [0, 0.1) is 6.08 Å². The van der Waals surface area contributed by atoms with Crippen molar-refractivity contribution in [1.82, 2.24) is 4.90 Å². The highest BCUT2D eigenvalue weighted by atomic mass is 16.5. The van der Waals surface area contributed by atoms with Crippen molar-refractivity contribution < 1.29 is 4.74 Å². The van der Waals surface area contributed by atoms with Gasteiger partial charge in [0.25, 0.3) is 0 Å². The van der Waals surface area contributed by atoms with Crippen molar-refractivity contribution in [2.24, 2.45) is 0 Å². The summed E-state index contributed by atoms with van der Waals surface area (Å²) in [7, 11) is 0. The van der Waals surface area contributed by atoms with Gasteiger partial charge in [-0.3, -0.25) is 4.90 Å². The van der Waals surface area contributed by atoms with Crippen LogP contribution in [0.5, 0.6) is 0 Å². The first-order chi connectivity index (χ1) is 4.97. The van der Waals surface area contributed by atoms with Gasteiger partial charge in [-0.15, -0.1) is 0 Å². The lowest BCUT2D eigenvalue weighted by Gasteiger charge is -2.37. The summed E-state index contributed by atoms with van der Waals surface area (Å²) in [4.78, 5) is 2.46. The van der Waals surface area contributed by atoms with Gasteiger partial charge in [0.2, 0.25) is 0 Å². The molecule has 2 aliphatic rings. The zero-order valence-corrected chi connectivity index (χ0v) is 6.05. The number of rotatable bonds is 1. The largest absolute Gasteiger partial charge is 0.378 e. The third kappa shape index (κ3) is 1.09. The van der Waals surface area contributed by atoms with Crippen molar-refractivity contribution in [3.8, 4) is 0 Å². The molecule has 0 atom stereocenters. The molecule has 0 spiro atoms. The monoisotopic (exact) mass is 138 g/mol. The van der Waals surface area contributed by atoms with Gasteiger partial charge in [-0.05, 0) is 12.5 Å². The van der Waals surface area contributed by atoms with Crippen molar-refractivity contribution in [3.63, 3.8) is 0 Å². The second kappa shape index (κ2) is 2.72. The number of hydrogen-bond acceptors (Lipinski definition) is 2. The van der Waals surface area contributed by atoms with E-state index >= 15 is 0 Å². The Balaban J connectivity index is 1.86. The highest BCUT2D eigenvalue weighted by Crippen LogP contribution is 2.12. The standard InChI is InChI=1S/C8H12NO/c1-2-4-9(5-3-1)8-6-10-7-8/h2,8H,3-7H2. The van der Waals surface area contributed by atoms with Gasteiger partial charge in [0.1, 0.15) is 0 Å². The van der Waals surface area contributed by atoms with E-state index in [0.717, 1.165) is 26.2 Å². The van der Waals surface area contributed by atoms with Crippen molar-refractivity contribution in [2.75, 3.05) is 26.3 Å². The Hall–Kier alpha value is -0.340. The smallest absolute Gasteiger partial charge is 0.0645 e. The minimum Gasteiger partial charge on any atom is -0.378 e. The molecule has 0 aromatic heterocycles. The summed E-state index contributed by atoms with van der Waals surface area (Å²) in [6.07, 6.45) is 6.43. The van der Waals surface area contributed by atoms with Crippen molar-refractivity contribution in [2.45, 2.75) is 12.5 Å². The van der Waals surface area contributed by atoms with Crippen LogP contribution >= 0.6 is 0 Å². The van der Waals surface area contributed by atoms with E-state index < -0.39 is 0 Å². The Bertz CT molecular complexity index is 140. The molecule has 10 heavy (non-hydrogen) atoms. The topological polar surface area (TPSA) is 12.5 Å². The molecule has 2 heterocycles. The van der Waals surface area contributed by atoms with Crippen LogP contribution < -0.4 is 0 Å². The minimum atomic E-state index is 0.707. The maximum atomic E-state index is 5.11. The van der Waals surface area contributed by atoms with Crippen LogP contribution in [0.25, 0.3) is 0 Å². The summed E-state index contributed by atoms with van der Waals surface area (Å²) >= 11 is 0. The van der Waals surface area contributed by atoms with E-state index in [1.165, 1.54) is 6.54 Å². The van der Waals surface area contributed by atoms with Gasteiger partial charge in [-0.25, -0.2) is 0 Å². The van der Waals surface area contributed by atoms with Gasteiger partial charge in [-0.2, -0.15) is 0 Å². The number of ether oxygens (including phenoxy) is 1. The summed E-state index contributed by atoms with van der Waals surface area (Å²) < 4.78 is 5.11. The molecule has 0 aliphatic carbocycles. The molecule has 2 heteroatoms. The summed E-state index contributed by atoms with van der Waals surface area (Å²) in [5.74, 6) is 0. The Labute approximate surface area is 61.5 Å². The van der Waals surface area contributed by atoms with Gasteiger partial charge >= 0.3 is 0 Å². The average Bonchev–Trinajstić information content (AvgIpc) is 1.86. The Morgan fingerprint density at radius 1 is 1.50 bits per heavy atom. The predicted molar refractivity (Wildman–Crippen MR) is 38.6 cm³/mol. The summed E-state index contributed by atoms with van der Waals surface area (Å²) in [6.45, 7) is 4.13. The fourth-order valence-corrected chi connectivity index (χ4v) is 1.35. The zero-order chi connectivity index (χ0) is 6.81. The highest BCUT2D eigenvalue weighted by molar-refractivity contribution is 4.89. The van der Waals surface area contributed by atoms with Crippen molar-refractivity contribution in [3.05, 3.63) is 12.2 Å². The fourth-order valence-electron chi connectivity index (χ4n) is 1.35. The molecule has 2 nitrogen and oxygen atoms in total. The Kier molecular flexibility index (Phi) is 1.74. The molecule has 0 amide bonds. The van der Waals surface area contributed by atoms with Gasteiger partial charge in [0.15, 0.2) is 0 Å². The molecule has 2 aliphatic heterocycles. The lowest BCUT2D eigenvalue weighted by Crippen LogP contribution is -2.50. The molecule has 0 unspecified atom stereocenters. The second-order valence-electron chi connectivity index (χ2n) is 2.84. The molecule has 0 bridgehead atoms. The fraction of sp³-hybridized carbons (Fsp3) is 0.750. The van der Waals surface area contributed by atoms with Crippen molar-refractivity contribution in [1.29, 1.82) is 0 Å². The quantitative estimate of drug-likeness (QED) is 0.521. The molecule has 0 aromatic carbocycles. The van der Waals surface area contributed by atoms with E-state index in [9.17, 15) is 0 Å². The van der Waals surface area contributed by atoms with E-state index in [1.807, 2.05) is 0 Å². The van der Waals surface area contributed by atoms with Crippen LogP contribution in [0.3, 0.4) is 0 Å². The van der Waals surface area contributed by atoms with Crippen LogP contribution in [0.4, 0.5) is 0 Å². The molecule has 0 saturated carbocycles. The van der Waals surface area contributed by atoms with Gasteiger partial charge < -0.3 is 4.74 Å². The van der Waals surface area contributed by atoms with Crippen LogP contribution in [-0.4, -0.2) is 37.2 Å². The van der Waals surface area contributed by atoms with E-state index in [0.29, 0.717) is 6.04 Å². The SMILES string of the molecule is [C]1=CCN(C2COC2)CC1. The number of hydrogen-bond donors (Lipinski definition) is 0. The third-order valence-electron chi connectivity index (χ3n) is 2.15. The Morgan fingerprint density at radius 3 is 2.90 bits per heavy atom. The zero-order valence-electron chi connectivity index (χ0n) is 6.05. The maximum Gasteiger partial charge on any atom is 0.0645 e. The first kappa shape index (κ1) is 6.38. The number of nitrogens with zero attached hydrogens (tertiary/aromatic N) is 1. The molecular formula is C8H12NO. The van der Waals surface area contributed by atoms with Gasteiger partial charge in [0.05, 0.1) is 19.3 Å². The van der Waals surface area contributed by atoms with E-state index in [1.54, 1.807) is 0 Å². The van der Waals surface area contributed by atoms with Gasteiger partial charge in [0, 0.05) is 13.1 Å². The first-order valence-electron chi connectivity index (χ1n) is 3.83. The minimum absolute atomic E-state index is 0.707. The molecule has 1 fully saturated rings. The van der Waals surface area contributed by atoms with Gasteiger partial charge in [-0.1, -0.05) is 6.08 Å². The molecule has 1 radical (unpaired) electrons. The maximum absolute atomic E-state index is 5.11. The average molecular weight is 138 g/mol. The Morgan fingerprint density at radius 2 is 2.40 bits per heavy atom. The van der Waals surface area contributed by atoms with Crippen molar-refractivity contribution >= 4 is 0 Å². The molecular weight excluding hydrogens is 126 g/mol. The third-order valence-corrected chi connectivity index (χ3v) is 2.15. The highest BCUT2D eigenvalue weighted by Gasteiger charge is 2.25. The summed E-state index contributed by atoms with van der Waals surface area (Å²) in [6, 6.07) is 0.707.